The Morgan fingerprint density at radius 2 is 1.69 bits per heavy atom. The molecule has 0 atom stereocenters. The molecule has 3 N–H and O–H groups in total. The van der Waals surface area contributed by atoms with E-state index in [0.717, 1.165) is 27.6 Å². The van der Waals surface area contributed by atoms with Gasteiger partial charge in [0.15, 0.2) is 5.78 Å². The van der Waals surface area contributed by atoms with Crippen LogP contribution in [0.5, 0.6) is 5.75 Å². The highest BCUT2D eigenvalue weighted by Gasteiger charge is 2.34. The summed E-state index contributed by atoms with van der Waals surface area (Å²) in [7, 11) is 1.61. The molecule has 0 bridgehead atoms. The lowest BCUT2D eigenvalue weighted by Crippen LogP contribution is -2.30. The van der Waals surface area contributed by atoms with Gasteiger partial charge in [-0.1, -0.05) is 42.5 Å². The van der Waals surface area contributed by atoms with Crippen LogP contribution in [0.2, 0.25) is 0 Å². The van der Waals surface area contributed by atoms with Crippen LogP contribution in [0.3, 0.4) is 0 Å². The molecule has 4 aromatic rings. The van der Waals surface area contributed by atoms with E-state index >= 15 is 0 Å². The number of rotatable bonds is 5. The van der Waals surface area contributed by atoms with Crippen molar-refractivity contribution >= 4 is 22.2 Å². The summed E-state index contributed by atoms with van der Waals surface area (Å²) < 4.78 is 5.19. The van der Waals surface area contributed by atoms with E-state index in [9.17, 15) is 4.79 Å². The number of H-pyrrole nitrogens is 1. The summed E-state index contributed by atoms with van der Waals surface area (Å²) in [6.07, 6.45) is 0. The first kappa shape index (κ1) is 18.7. The van der Waals surface area contributed by atoms with Gasteiger partial charge < -0.3 is 10.5 Å². The summed E-state index contributed by atoms with van der Waals surface area (Å²) in [4.78, 5) is 13.4. The average Bonchev–Trinajstić information content (AvgIpc) is 3.13. The van der Waals surface area contributed by atoms with Crippen molar-refractivity contribution in [3.63, 3.8) is 0 Å². The van der Waals surface area contributed by atoms with Crippen LogP contribution in [-0.2, 0) is 5.41 Å². The molecule has 0 saturated heterocycles. The number of ketones is 1. The molecule has 1 heterocycles. The van der Waals surface area contributed by atoms with Crippen LogP contribution in [0.25, 0.3) is 22.0 Å². The maximum Gasteiger partial charge on any atom is 0.192 e. The van der Waals surface area contributed by atoms with Crippen LogP contribution in [0.4, 0.5) is 5.69 Å². The molecule has 29 heavy (non-hydrogen) atoms. The molecule has 0 aliphatic rings. The van der Waals surface area contributed by atoms with Gasteiger partial charge in [0.1, 0.15) is 17.1 Å². The van der Waals surface area contributed by atoms with Crippen molar-refractivity contribution in [3.8, 4) is 17.0 Å². The lowest BCUT2D eigenvalue weighted by Gasteiger charge is -2.23. The maximum atomic E-state index is 13.4. The van der Waals surface area contributed by atoms with E-state index < -0.39 is 5.41 Å². The predicted molar refractivity (Wildman–Crippen MR) is 116 cm³/mol. The van der Waals surface area contributed by atoms with Crippen LogP contribution in [0, 0.1) is 0 Å². The summed E-state index contributed by atoms with van der Waals surface area (Å²) in [5.74, 6) is 0.647. The Kier molecular flexibility index (Phi) is 4.59. The molecule has 4 rings (SSSR count). The number of nitrogen functional groups attached to an aromatic ring is 1. The van der Waals surface area contributed by atoms with Gasteiger partial charge in [-0.05, 0) is 54.4 Å². The topological polar surface area (TPSA) is 81.0 Å². The summed E-state index contributed by atoms with van der Waals surface area (Å²) in [6, 6.07) is 21.6. The van der Waals surface area contributed by atoms with Crippen LogP contribution >= 0.6 is 0 Å². The molecule has 0 spiro atoms. The standard InChI is InChI=1S/C24H23N3O2/c1-24(2,18-11-8-15-6-4-5-7-17(15)14-18)23(28)22-20(25)21(26-27-22)16-9-12-19(29-3)13-10-16/h4-14H,25H2,1-3H3,(H,26,27). The number of nitrogens with zero attached hydrogens (tertiary/aromatic N) is 1. The Morgan fingerprint density at radius 3 is 2.38 bits per heavy atom. The lowest BCUT2D eigenvalue weighted by atomic mass is 9.78. The van der Waals surface area contributed by atoms with Crippen LogP contribution < -0.4 is 10.5 Å². The predicted octanol–water partition coefficient (Wildman–Crippen LogP) is 4.98. The Balaban J connectivity index is 1.70. The molecule has 5 heteroatoms. The molecular weight excluding hydrogens is 362 g/mol. The largest absolute Gasteiger partial charge is 0.497 e. The second-order valence-electron chi connectivity index (χ2n) is 7.61. The van der Waals surface area contributed by atoms with Gasteiger partial charge in [0.05, 0.1) is 18.2 Å². The minimum absolute atomic E-state index is 0.0995. The van der Waals surface area contributed by atoms with Gasteiger partial charge in [-0.3, -0.25) is 9.89 Å². The van der Waals surface area contributed by atoms with Crippen molar-refractivity contribution in [1.29, 1.82) is 0 Å². The third kappa shape index (κ3) is 3.25. The summed E-state index contributed by atoms with van der Waals surface area (Å²) in [6.45, 7) is 3.82. The zero-order valence-electron chi connectivity index (χ0n) is 16.7. The molecule has 0 unspecified atom stereocenters. The van der Waals surface area contributed by atoms with Crippen LogP contribution in [0.15, 0.2) is 66.7 Å². The minimum atomic E-state index is -0.762. The van der Waals surface area contributed by atoms with Gasteiger partial charge in [-0.15, -0.1) is 0 Å². The number of hydrogen-bond acceptors (Lipinski definition) is 4. The number of aromatic nitrogens is 2. The molecule has 5 nitrogen and oxygen atoms in total. The Bertz CT molecular complexity index is 1190. The fourth-order valence-electron chi connectivity index (χ4n) is 3.51. The average molecular weight is 385 g/mol. The second kappa shape index (κ2) is 7.09. The van der Waals surface area contributed by atoms with E-state index in [0.29, 0.717) is 17.1 Å². The molecule has 0 amide bonds. The van der Waals surface area contributed by atoms with Crippen molar-refractivity contribution in [1.82, 2.24) is 10.2 Å². The zero-order chi connectivity index (χ0) is 20.6. The highest BCUT2D eigenvalue weighted by Crippen LogP contribution is 2.34. The highest BCUT2D eigenvalue weighted by molar-refractivity contribution is 6.07. The normalized spacial score (nSPS) is 11.6. The van der Waals surface area contributed by atoms with E-state index in [2.05, 4.69) is 22.3 Å². The lowest BCUT2D eigenvalue weighted by molar-refractivity contribution is 0.0904. The molecule has 146 valence electrons. The number of nitrogens with one attached hydrogen (secondary N) is 1. The number of fused-ring (bicyclic) bond motifs is 1. The number of hydrogen-bond donors (Lipinski definition) is 2. The van der Waals surface area contributed by atoms with E-state index in [1.807, 2.05) is 68.4 Å². The number of carbonyl (C=O) groups is 1. The Hall–Kier alpha value is -3.60. The number of aromatic amines is 1. The third-order valence-corrected chi connectivity index (χ3v) is 5.43. The highest BCUT2D eigenvalue weighted by atomic mass is 16.5. The first-order chi connectivity index (χ1) is 13.9. The van der Waals surface area contributed by atoms with E-state index in [4.69, 9.17) is 10.5 Å². The smallest absolute Gasteiger partial charge is 0.192 e. The van der Waals surface area contributed by atoms with Crippen molar-refractivity contribution < 1.29 is 9.53 Å². The molecule has 3 aromatic carbocycles. The summed E-state index contributed by atoms with van der Waals surface area (Å²) in [5, 5.41) is 9.41. The number of carbonyl (C=O) groups excluding carboxylic acids is 1. The monoisotopic (exact) mass is 385 g/mol. The van der Waals surface area contributed by atoms with Crippen molar-refractivity contribution in [2.75, 3.05) is 12.8 Å². The second-order valence-corrected chi connectivity index (χ2v) is 7.61. The number of methoxy groups -OCH3 is 1. The number of Topliss-reactive ketones (excluding diaryl/α,β-unsaturated/α-hetero) is 1. The SMILES string of the molecule is COc1ccc(-c2n[nH]c(C(=O)C(C)(C)c3ccc4ccccc4c3)c2N)cc1. The maximum absolute atomic E-state index is 13.4. The molecule has 0 aliphatic carbocycles. The quantitative estimate of drug-likeness (QED) is 0.475. The zero-order valence-corrected chi connectivity index (χ0v) is 16.7. The van der Waals surface area contributed by atoms with Crippen molar-refractivity contribution in [2.45, 2.75) is 19.3 Å². The minimum Gasteiger partial charge on any atom is -0.497 e. The summed E-state index contributed by atoms with van der Waals surface area (Å²) >= 11 is 0. The van der Waals surface area contributed by atoms with Gasteiger partial charge in [-0.2, -0.15) is 5.10 Å². The molecule has 0 fully saturated rings. The van der Waals surface area contributed by atoms with E-state index in [-0.39, 0.29) is 5.78 Å². The molecule has 1 aromatic heterocycles. The molecule has 0 aliphatic heterocycles. The van der Waals surface area contributed by atoms with Gasteiger partial charge in [0.2, 0.25) is 0 Å². The molecular formula is C24H23N3O2. The Labute approximate surface area is 169 Å². The van der Waals surface area contributed by atoms with E-state index in [1.54, 1.807) is 7.11 Å². The van der Waals surface area contributed by atoms with Crippen LogP contribution in [0.1, 0.15) is 29.9 Å². The first-order valence-electron chi connectivity index (χ1n) is 9.44. The van der Waals surface area contributed by atoms with Gasteiger partial charge in [0.25, 0.3) is 0 Å². The third-order valence-electron chi connectivity index (χ3n) is 5.43. The van der Waals surface area contributed by atoms with Gasteiger partial charge in [0, 0.05) is 5.56 Å². The molecule has 0 saturated carbocycles. The molecule has 0 radical (unpaired) electrons. The number of benzene rings is 3. The first-order valence-corrected chi connectivity index (χ1v) is 9.44. The number of nitrogens with two attached hydrogens (primary N) is 1. The van der Waals surface area contributed by atoms with E-state index in [1.165, 1.54) is 0 Å². The van der Waals surface area contributed by atoms with Gasteiger partial charge >= 0.3 is 0 Å². The fourth-order valence-corrected chi connectivity index (χ4v) is 3.51. The number of ether oxygens (including phenoxy) is 1. The van der Waals surface area contributed by atoms with Gasteiger partial charge in [-0.25, -0.2) is 0 Å². The number of anilines is 1. The van der Waals surface area contributed by atoms with Crippen molar-refractivity contribution in [2.24, 2.45) is 0 Å². The Morgan fingerprint density at radius 1 is 1.00 bits per heavy atom. The van der Waals surface area contributed by atoms with Crippen molar-refractivity contribution in [3.05, 3.63) is 78.0 Å². The summed E-state index contributed by atoms with van der Waals surface area (Å²) in [5.41, 5.74) is 8.56. The van der Waals surface area contributed by atoms with Crippen LogP contribution in [-0.4, -0.2) is 23.1 Å². The fraction of sp³-hybridized carbons (Fsp3) is 0.167.